The monoisotopic (exact) mass is 417 g/mol. The number of benzene rings is 1. The van der Waals surface area contributed by atoms with Gasteiger partial charge < -0.3 is 13.9 Å². The van der Waals surface area contributed by atoms with Gasteiger partial charge in [0.15, 0.2) is 0 Å². The van der Waals surface area contributed by atoms with E-state index in [9.17, 15) is 13.2 Å². The highest BCUT2D eigenvalue weighted by Gasteiger charge is 2.15. The Morgan fingerprint density at radius 1 is 1.14 bits per heavy atom. The highest BCUT2D eigenvalue weighted by atomic mass is 32.2. The van der Waals surface area contributed by atoms with E-state index in [1.54, 1.807) is 18.3 Å². The molecule has 8 nitrogen and oxygen atoms in total. The Labute approximate surface area is 169 Å². The van der Waals surface area contributed by atoms with Crippen LogP contribution in [0.2, 0.25) is 0 Å². The van der Waals surface area contributed by atoms with Crippen molar-refractivity contribution < 1.29 is 22.7 Å². The maximum absolute atomic E-state index is 12.3. The molecule has 3 rings (SSSR count). The lowest BCUT2D eigenvalue weighted by Gasteiger charge is -2.08. The van der Waals surface area contributed by atoms with E-state index in [2.05, 4.69) is 9.71 Å². The first-order valence-corrected chi connectivity index (χ1v) is 10.7. The number of aryl methyl sites for hydroxylation is 1. The van der Waals surface area contributed by atoms with Crippen LogP contribution in [0, 0.1) is 6.92 Å². The van der Waals surface area contributed by atoms with Gasteiger partial charge in [-0.05, 0) is 49.7 Å². The first-order chi connectivity index (χ1) is 13.9. The van der Waals surface area contributed by atoms with Crippen LogP contribution in [0.1, 0.15) is 24.6 Å². The molecule has 1 N–H and O–H groups in total. The second-order valence-electron chi connectivity index (χ2n) is 6.42. The van der Waals surface area contributed by atoms with Gasteiger partial charge in [0.1, 0.15) is 18.0 Å². The summed E-state index contributed by atoms with van der Waals surface area (Å²) in [5, 5.41) is 0. The Balaban J connectivity index is 1.47. The lowest BCUT2D eigenvalue weighted by Crippen LogP contribution is -2.26. The molecule has 0 amide bonds. The number of rotatable bonds is 9. The molecular weight excluding hydrogens is 394 g/mol. The molecule has 0 fully saturated rings. The van der Waals surface area contributed by atoms with Crippen LogP contribution in [-0.4, -0.2) is 36.9 Å². The van der Waals surface area contributed by atoms with Gasteiger partial charge in [-0.25, -0.2) is 18.1 Å². The molecule has 2 aromatic heterocycles. The molecular formula is C20H23N3O5S. The van der Waals surface area contributed by atoms with Crippen LogP contribution < -0.4 is 9.46 Å². The molecule has 0 unspecified atom stereocenters. The van der Waals surface area contributed by atoms with Crippen molar-refractivity contribution >= 4 is 21.6 Å². The van der Waals surface area contributed by atoms with Crippen molar-refractivity contribution in [1.29, 1.82) is 0 Å². The number of nitrogens with one attached hydrogen (secondary N) is 1. The molecule has 154 valence electrons. The highest BCUT2D eigenvalue weighted by molar-refractivity contribution is 7.89. The van der Waals surface area contributed by atoms with Crippen molar-refractivity contribution in [2.75, 3.05) is 13.2 Å². The number of aromatic nitrogens is 2. The molecule has 0 saturated heterocycles. The normalized spacial score (nSPS) is 11.5. The predicted molar refractivity (Wildman–Crippen MR) is 107 cm³/mol. The average Bonchev–Trinajstić information content (AvgIpc) is 3.09. The van der Waals surface area contributed by atoms with E-state index in [-0.39, 0.29) is 24.5 Å². The maximum atomic E-state index is 12.3. The maximum Gasteiger partial charge on any atom is 0.307 e. The van der Waals surface area contributed by atoms with Gasteiger partial charge in [-0.1, -0.05) is 6.07 Å². The second kappa shape index (κ2) is 9.06. The zero-order valence-corrected chi connectivity index (χ0v) is 17.1. The molecule has 0 bridgehead atoms. The molecule has 0 saturated carbocycles. The highest BCUT2D eigenvalue weighted by Crippen LogP contribution is 2.16. The number of fused-ring (bicyclic) bond motifs is 1. The smallest absolute Gasteiger partial charge is 0.307 e. The number of hydrogen-bond donors (Lipinski definition) is 1. The molecule has 0 spiro atoms. The number of carbonyl (C=O) groups is 1. The Morgan fingerprint density at radius 3 is 2.62 bits per heavy atom. The van der Waals surface area contributed by atoms with Gasteiger partial charge in [0.2, 0.25) is 10.0 Å². The van der Waals surface area contributed by atoms with E-state index >= 15 is 0 Å². The van der Waals surface area contributed by atoms with Crippen LogP contribution in [0.25, 0.3) is 5.65 Å². The van der Waals surface area contributed by atoms with E-state index in [1.807, 2.05) is 36.6 Å². The summed E-state index contributed by atoms with van der Waals surface area (Å²) < 4.78 is 39.3. The molecule has 0 aliphatic heterocycles. The second-order valence-corrected chi connectivity index (χ2v) is 8.18. The number of carbonyl (C=O) groups excluding carboxylic acids is 1. The van der Waals surface area contributed by atoms with Gasteiger partial charge in [-0.15, -0.1) is 0 Å². The van der Waals surface area contributed by atoms with E-state index in [1.165, 1.54) is 12.1 Å². The van der Waals surface area contributed by atoms with Gasteiger partial charge in [-0.2, -0.15) is 0 Å². The molecule has 0 atom stereocenters. The molecule has 29 heavy (non-hydrogen) atoms. The van der Waals surface area contributed by atoms with Gasteiger partial charge in [0, 0.05) is 18.9 Å². The number of hydrogen-bond acceptors (Lipinski definition) is 6. The number of nitrogens with zero attached hydrogens (tertiary/aromatic N) is 2. The molecule has 0 aliphatic carbocycles. The Morgan fingerprint density at radius 2 is 1.90 bits per heavy atom. The number of imidazole rings is 1. The summed E-state index contributed by atoms with van der Waals surface area (Å²) in [7, 11) is -3.71. The minimum Gasteiger partial charge on any atom is -0.494 e. The molecule has 1 aromatic carbocycles. The fourth-order valence-corrected chi connectivity index (χ4v) is 3.74. The zero-order valence-electron chi connectivity index (χ0n) is 16.3. The van der Waals surface area contributed by atoms with Crippen molar-refractivity contribution in [3.63, 3.8) is 0 Å². The fraction of sp³-hybridized carbons (Fsp3) is 0.300. The summed E-state index contributed by atoms with van der Waals surface area (Å²) >= 11 is 0. The summed E-state index contributed by atoms with van der Waals surface area (Å²) in [5.41, 5.74) is 2.49. The Hall–Kier alpha value is -2.91. The lowest BCUT2D eigenvalue weighted by atomic mass is 10.3. The van der Waals surface area contributed by atoms with E-state index in [0.717, 1.165) is 11.2 Å². The molecule has 3 aromatic rings. The van der Waals surface area contributed by atoms with E-state index in [0.29, 0.717) is 18.1 Å². The van der Waals surface area contributed by atoms with Crippen molar-refractivity contribution in [1.82, 2.24) is 14.1 Å². The molecule has 2 heterocycles. The van der Waals surface area contributed by atoms with Crippen molar-refractivity contribution in [2.45, 2.75) is 31.8 Å². The fourth-order valence-electron chi connectivity index (χ4n) is 2.70. The molecule has 9 heteroatoms. The van der Waals surface area contributed by atoms with Crippen molar-refractivity contribution in [3.8, 4) is 5.75 Å². The summed E-state index contributed by atoms with van der Waals surface area (Å²) in [5.74, 6) is 0.0877. The molecule has 0 aliphatic rings. The number of pyridine rings is 1. The first kappa shape index (κ1) is 20.8. The zero-order chi connectivity index (χ0) is 20.9. The van der Waals surface area contributed by atoms with Crippen molar-refractivity contribution in [2.24, 2.45) is 0 Å². The topological polar surface area (TPSA) is 99.0 Å². The van der Waals surface area contributed by atoms with Crippen LogP contribution in [-0.2, 0) is 26.2 Å². The summed E-state index contributed by atoms with van der Waals surface area (Å²) in [4.78, 5) is 16.4. The minimum atomic E-state index is -3.71. The Kier molecular flexibility index (Phi) is 6.50. The largest absolute Gasteiger partial charge is 0.494 e. The van der Waals surface area contributed by atoms with Crippen LogP contribution in [0.4, 0.5) is 0 Å². The van der Waals surface area contributed by atoms with Gasteiger partial charge in [0.05, 0.1) is 23.6 Å². The van der Waals surface area contributed by atoms with Crippen LogP contribution in [0.15, 0.2) is 53.7 Å². The standard InChI is InChI=1S/C20H23N3O5S/c1-3-27-17-5-7-18(8-6-17)29(25,26)21-11-10-20(24)28-14-16-13-23-12-15(2)4-9-19(23)22-16/h4-9,12-13,21H,3,10-11,14H2,1-2H3. The van der Waals surface area contributed by atoms with Gasteiger partial charge in [-0.3, -0.25) is 4.79 Å². The van der Waals surface area contributed by atoms with Crippen LogP contribution in [0.3, 0.4) is 0 Å². The summed E-state index contributed by atoms with van der Waals surface area (Å²) in [6.07, 6.45) is 3.65. The van der Waals surface area contributed by atoms with Gasteiger partial charge >= 0.3 is 5.97 Å². The Bertz CT molecular complexity index is 1090. The van der Waals surface area contributed by atoms with Gasteiger partial charge in [0.25, 0.3) is 0 Å². The lowest BCUT2D eigenvalue weighted by molar-refractivity contribution is -0.144. The summed E-state index contributed by atoms with van der Waals surface area (Å²) in [6.45, 7) is 4.31. The number of esters is 1. The molecule has 0 radical (unpaired) electrons. The van der Waals surface area contributed by atoms with Crippen LogP contribution in [0.5, 0.6) is 5.75 Å². The quantitative estimate of drug-likeness (QED) is 0.537. The predicted octanol–water partition coefficient (Wildman–Crippen LogP) is 2.45. The first-order valence-electron chi connectivity index (χ1n) is 9.20. The number of ether oxygens (including phenoxy) is 2. The average molecular weight is 417 g/mol. The number of sulfonamides is 1. The van der Waals surface area contributed by atoms with E-state index < -0.39 is 16.0 Å². The van der Waals surface area contributed by atoms with Crippen molar-refractivity contribution in [3.05, 3.63) is 60.0 Å². The van der Waals surface area contributed by atoms with Crippen LogP contribution >= 0.6 is 0 Å². The third-order valence-corrected chi connectivity index (χ3v) is 5.57. The minimum absolute atomic E-state index is 0.0329. The SMILES string of the molecule is CCOc1ccc(S(=O)(=O)NCCC(=O)OCc2cn3cc(C)ccc3n2)cc1. The third-order valence-electron chi connectivity index (χ3n) is 4.10. The summed E-state index contributed by atoms with van der Waals surface area (Å²) in [6, 6.07) is 9.92. The van der Waals surface area contributed by atoms with E-state index in [4.69, 9.17) is 9.47 Å². The third kappa shape index (κ3) is 5.55.